The maximum absolute atomic E-state index is 5.67. The quantitative estimate of drug-likeness (QED) is 0.405. The highest BCUT2D eigenvalue weighted by atomic mass is 15.3. The highest BCUT2D eigenvalue weighted by Crippen LogP contribution is 2.15. The van der Waals surface area contributed by atoms with Crippen LogP contribution in [0.2, 0.25) is 0 Å². The predicted octanol–water partition coefficient (Wildman–Crippen LogP) is 0.420. The average molecular weight is 226 g/mol. The summed E-state index contributed by atoms with van der Waals surface area (Å²) in [6, 6.07) is 0.854. The monoisotopic (exact) mass is 226 g/mol. The molecule has 0 amide bonds. The molecule has 0 bridgehead atoms. The van der Waals surface area contributed by atoms with Gasteiger partial charge in [0.2, 0.25) is 0 Å². The van der Waals surface area contributed by atoms with E-state index >= 15 is 0 Å². The van der Waals surface area contributed by atoms with Crippen molar-refractivity contribution in [1.29, 1.82) is 0 Å². The fourth-order valence-corrected chi connectivity index (χ4v) is 2.27. The van der Waals surface area contributed by atoms with Crippen LogP contribution in [0.5, 0.6) is 0 Å². The van der Waals surface area contributed by atoms with Gasteiger partial charge in [-0.25, -0.2) is 0 Å². The van der Waals surface area contributed by atoms with Crippen LogP contribution in [0.1, 0.15) is 19.8 Å². The minimum absolute atomic E-state index is 0.351. The molecule has 0 aromatic heterocycles. The van der Waals surface area contributed by atoms with Crippen LogP contribution in [0.25, 0.3) is 0 Å². The first-order valence-electron chi connectivity index (χ1n) is 6.04. The van der Waals surface area contributed by atoms with Gasteiger partial charge in [-0.2, -0.15) is 0 Å². The zero-order valence-corrected chi connectivity index (χ0v) is 10.9. The first kappa shape index (κ1) is 13.6. The smallest absolute Gasteiger partial charge is 0.0387 e. The standard InChI is InChI=1S/C12H26N4/c1-10(2)5-6-11(14-13)12-9-15(3)7-8-16(12)4/h11-12,14H,1,5-9,13H2,2-4H3. The number of rotatable bonds is 5. The Labute approximate surface area is 99.4 Å². The normalized spacial score (nSPS) is 25.6. The molecule has 16 heavy (non-hydrogen) atoms. The van der Waals surface area contributed by atoms with E-state index in [1.165, 1.54) is 5.57 Å². The number of piperazine rings is 1. The van der Waals surface area contributed by atoms with Crippen LogP contribution in [-0.4, -0.2) is 55.6 Å². The molecule has 1 fully saturated rings. The van der Waals surface area contributed by atoms with Crippen molar-refractivity contribution in [2.75, 3.05) is 33.7 Å². The Bertz CT molecular complexity index is 229. The Balaban J connectivity index is 2.52. The van der Waals surface area contributed by atoms with E-state index in [0.717, 1.165) is 32.5 Å². The van der Waals surface area contributed by atoms with E-state index in [1.807, 2.05) is 0 Å². The van der Waals surface area contributed by atoms with Crippen LogP contribution in [0.4, 0.5) is 0 Å². The topological polar surface area (TPSA) is 44.5 Å². The molecule has 94 valence electrons. The third-order valence-electron chi connectivity index (χ3n) is 3.46. The predicted molar refractivity (Wildman–Crippen MR) is 69.1 cm³/mol. The number of nitrogens with two attached hydrogens (primary N) is 1. The molecule has 0 aromatic rings. The first-order valence-corrected chi connectivity index (χ1v) is 6.04. The molecule has 3 N–H and O–H groups in total. The van der Waals surface area contributed by atoms with Crippen molar-refractivity contribution < 1.29 is 0 Å². The van der Waals surface area contributed by atoms with Gasteiger partial charge in [0.25, 0.3) is 0 Å². The van der Waals surface area contributed by atoms with Gasteiger partial charge in [-0.3, -0.25) is 16.2 Å². The van der Waals surface area contributed by atoms with Gasteiger partial charge >= 0.3 is 0 Å². The van der Waals surface area contributed by atoms with Crippen molar-refractivity contribution in [2.45, 2.75) is 31.8 Å². The fourth-order valence-electron chi connectivity index (χ4n) is 2.27. The number of nitrogens with zero attached hydrogens (tertiary/aromatic N) is 2. The molecule has 1 rings (SSSR count). The van der Waals surface area contributed by atoms with Crippen molar-refractivity contribution in [3.8, 4) is 0 Å². The molecular weight excluding hydrogens is 200 g/mol. The molecule has 2 unspecified atom stereocenters. The molecule has 2 atom stereocenters. The number of allylic oxidation sites excluding steroid dienone is 1. The highest BCUT2D eigenvalue weighted by Gasteiger charge is 2.28. The minimum atomic E-state index is 0.351. The molecule has 0 radical (unpaired) electrons. The molecule has 0 saturated carbocycles. The summed E-state index contributed by atoms with van der Waals surface area (Å²) in [5.41, 5.74) is 4.20. The van der Waals surface area contributed by atoms with Crippen LogP contribution in [-0.2, 0) is 0 Å². The van der Waals surface area contributed by atoms with Gasteiger partial charge in [-0.05, 0) is 33.9 Å². The maximum atomic E-state index is 5.67. The van der Waals surface area contributed by atoms with Crippen molar-refractivity contribution in [1.82, 2.24) is 15.2 Å². The fraction of sp³-hybridized carbons (Fsp3) is 0.833. The molecule has 1 heterocycles. The van der Waals surface area contributed by atoms with Crippen molar-refractivity contribution in [2.24, 2.45) is 5.84 Å². The lowest BCUT2D eigenvalue weighted by Crippen LogP contribution is -2.59. The molecule has 0 aliphatic carbocycles. The summed E-state index contributed by atoms with van der Waals surface area (Å²) in [5, 5.41) is 0. The minimum Gasteiger partial charge on any atom is -0.303 e. The second-order valence-electron chi connectivity index (χ2n) is 5.08. The molecule has 0 aromatic carbocycles. The Hall–Kier alpha value is -0.420. The average Bonchev–Trinajstić information content (AvgIpc) is 2.23. The Morgan fingerprint density at radius 2 is 2.19 bits per heavy atom. The lowest BCUT2D eigenvalue weighted by atomic mass is 9.98. The zero-order chi connectivity index (χ0) is 12.1. The number of nitrogens with one attached hydrogen (secondary N) is 1. The second kappa shape index (κ2) is 6.35. The number of hydrogen-bond acceptors (Lipinski definition) is 4. The maximum Gasteiger partial charge on any atom is 0.0387 e. The van der Waals surface area contributed by atoms with E-state index in [4.69, 9.17) is 5.84 Å². The second-order valence-corrected chi connectivity index (χ2v) is 5.08. The van der Waals surface area contributed by atoms with Crippen molar-refractivity contribution in [3.63, 3.8) is 0 Å². The Kier molecular flexibility index (Phi) is 5.41. The molecule has 4 nitrogen and oxygen atoms in total. The molecule has 1 aliphatic rings. The van der Waals surface area contributed by atoms with Gasteiger partial charge in [0.1, 0.15) is 0 Å². The molecule has 1 aliphatic heterocycles. The summed E-state index contributed by atoms with van der Waals surface area (Å²) in [6.45, 7) is 9.37. The van der Waals surface area contributed by atoms with Gasteiger partial charge in [-0.1, -0.05) is 5.57 Å². The Morgan fingerprint density at radius 3 is 2.75 bits per heavy atom. The zero-order valence-electron chi connectivity index (χ0n) is 10.9. The summed E-state index contributed by atoms with van der Waals surface area (Å²) in [7, 11) is 4.36. The van der Waals surface area contributed by atoms with E-state index in [2.05, 4.69) is 42.8 Å². The lowest BCUT2D eigenvalue weighted by Gasteiger charge is -2.41. The molecular formula is C12H26N4. The number of likely N-dealkylation sites (N-methyl/N-ethyl adjacent to an activating group) is 2. The summed E-state index contributed by atoms with van der Waals surface area (Å²) >= 11 is 0. The van der Waals surface area contributed by atoms with Crippen LogP contribution >= 0.6 is 0 Å². The number of hydrogen-bond donors (Lipinski definition) is 2. The largest absolute Gasteiger partial charge is 0.303 e. The van der Waals surface area contributed by atoms with Crippen LogP contribution in [0, 0.1) is 0 Å². The summed E-state index contributed by atoms with van der Waals surface area (Å²) in [5.74, 6) is 5.67. The number of hydrazine groups is 1. The Morgan fingerprint density at radius 1 is 1.50 bits per heavy atom. The van der Waals surface area contributed by atoms with Crippen LogP contribution in [0.3, 0.4) is 0 Å². The lowest BCUT2D eigenvalue weighted by molar-refractivity contribution is 0.0854. The SMILES string of the molecule is C=C(C)CCC(NN)C1CN(C)CCN1C. The van der Waals surface area contributed by atoms with E-state index in [1.54, 1.807) is 0 Å². The summed E-state index contributed by atoms with van der Waals surface area (Å²) < 4.78 is 0. The van der Waals surface area contributed by atoms with Gasteiger partial charge in [-0.15, -0.1) is 6.58 Å². The first-order chi connectivity index (χ1) is 7.54. The molecule has 4 heteroatoms. The van der Waals surface area contributed by atoms with Gasteiger partial charge in [0, 0.05) is 31.7 Å². The van der Waals surface area contributed by atoms with Crippen LogP contribution < -0.4 is 11.3 Å². The van der Waals surface area contributed by atoms with E-state index in [0.29, 0.717) is 12.1 Å². The third kappa shape index (κ3) is 3.87. The van der Waals surface area contributed by atoms with E-state index in [-0.39, 0.29) is 0 Å². The van der Waals surface area contributed by atoms with Gasteiger partial charge in [0.05, 0.1) is 0 Å². The van der Waals surface area contributed by atoms with Gasteiger partial charge in [0.15, 0.2) is 0 Å². The molecule has 1 saturated heterocycles. The van der Waals surface area contributed by atoms with E-state index < -0.39 is 0 Å². The third-order valence-corrected chi connectivity index (χ3v) is 3.46. The van der Waals surface area contributed by atoms with Crippen LogP contribution in [0.15, 0.2) is 12.2 Å². The summed E-state index contributed by atoms with van der Waals surface area (Å²) in [6.07, 6.45) is 2.11. The summed E-state index contributed by atoms with van der Waals surface area (Å²) in [4.78, 5) is 4.78. The highest BCUT2D eigenvalue weighted by molar-refractivity contribution is 4.93. The van der Waals surface area contributed by atoms with Gasteiger partial charge < -0.3 is 4.90 Å². The van der Waals surface area contributed by atoms with Crippen molar-refractivity contribution in [3.05, 3.63) is 12.2 Å². The van der Waals surface area contributed by atoms with E-state index in [9.17, 15) is 0 Å². The van der Waals surface area contributed by atoms with Crippen molar-refractivity contribution >= 4 is 0 Å². The molecule has 0 spiro atoms.